The number of fused-ring (bicyclic) bond motifs is 5. The molecule has 0 radical (unpaired) electrons. The number of rotatable bonds is 11. The predicted octanol–water partition coefficient (Wildman–Crippen LogP) is 5.02. The second kappa shape index (κ2) is 12.8. The molecule has 0 saturated heterocycles. The van der Waals surface area contributed by atoms with E-state index < -0.39 is 64.5 Å². The van der Waals surface area contributed by atoms with Gasteiger partial charge in [-0.2, -0.15) is 30.4 Å². The number of carbonyl (C=O) groups excluding carboxylic acids is 5. The molecular formula is C30H39F5O10S. The van der Waals surface area contributed by atoms with Crippen molar-refractivity contribution in [2.24, 2.45) is 40.4 Å². The molecule has 16 heteroatoms. The molecule has 0 aromatic heterocycles. The summed E-state index contributed by atoms with van der Waals surface area (Å²) in [5, 5.41) is -5.84. The van der Waals surface area contributed by atoms with Gasteiger partial charge < -0.3 is 9.47 Å². The van der Waals surface area contributed by atoms with Crippen molar-refractivity contribution in [3.05, 3.63) is 0 Å². The lowest BCUT2D eigenvalue weighted by Gasteiger charge is -2.58. The average molecular weight is 687 g/mol. The third kappa shape index (κ3) is 6.74. The number of halogens is 5. The summed E-state index contributed by atoms with van der Waals surface area (Å²) in [5.41, 5.74) is -0.942. The lowest BCUT2D eigenvalue weighted by atomic mass is 9.44. The maximum Gasteiger partial charge on any atom is 0.432 e. The number of Topliss-reactive ketones (excluding diaryl/α,β-unsaturated/α-hetero) is 3. The van der Waals surface area contributed by atoms with Crippen LogP contribution in [-0.2, 0) is 43.6 Å². The third-order valence-electron chi connectivity index (χ3n) is 11.3. The highest BCUT2D eigenvalue weighted by atomic mass is 32.2. The van der Waals surface area contributed by atoms with Crippen LogP contribution in [-0.4, -0.2) is 66.4 Å². The van der Waals surface area contributed by atoms with Gasteiger partial charge in [-0.1, -0.05) is 13.8 Å². The molecule has 4 saturated carbocycles. The normalized spacial score (nSPS) is 33.9. The Morgan fingerprint density at radius 2 is 1.61 bits per heavy atom. The molecule has 46 heavy (non-hydrogen) atoms. The maximum atomic E-state index is 13.7. The highest BCUT2D eigenvalue weighted by Gasteiger charge is 2.67. The average Bonchev–Trinajstić information content (AvgIpc) is 3.27. The van der Waals surface area contributed by atoms with E-state index in [1.807, 2.05) is 6.92 Å². The van der Waals surface area contributed by atoms with Crippen molar-refractivity contribution < 1.29 is 68.4 Å². The van der Waals surface area contributed by atoms with E-state index in [0.717, 1.165) is 6.42 Å². The number of ether oxygens (including phenoxy) is 2. The van der Waals surface area contributed by atoms with Crippen molar-refractivity contribution in [3.8, 4) is 0 Å². The predicted molar refractivity (Wildman–Crippen MR) is 147 cm³/mol. The van der Waals surface area contributed by atoms with Crippen molar-refractivity contribution in [1.29, 1.82) is 0 Å². The topological polar surface area (TPSA) is 158 Å². The van der Waals surface area contributed by atoms with Gasteiger partial charge in [0.15, 0.2) is 0 Å². The van der Waals surface area contributed by atoms with Gasteiger partial charge in [0.2, 0.25) is 0 Å². The zero-order valence-electron chi connectivity index (χ0n) is 25.6. The molecule has 1 N–H and O–H groups in total. The first-order valence-electron chi connectivity index (χ1n) is 15.5. The number of hydrogen-bond donors (Lipinski definition) is 1. The first-order chi connectivity index (χ1) is 21.1. The van der Waals surface area contributed by atoms with E-state index in [1.165, 1.54) is 0 Å². The number of hydrogen-bond acceptors (Lipinski definition) is 9. The van der Waals surface area contributed by atoms with Crippen LogP contribution in [0.3, 0.4) is 0 Å². The second-order valence-corrected chi connectivity index (χ2v) is 15.2. The van der Waals surface area contributed by atoms with Crippen LogP contribution in [0, 0.1) is 40.4 Å². The van der Waals surface area contributed by atoms with E-state index in [4.69, 9.17) is 9.29 Å². The van der Waals surface area contributed by atoms with Gasteiger partial charge in [0.25, 0.3) is 6.10 Å². The van der Waals surface area contributed by atoms with Crippen LogP contribution in [0.4, 0.5) is 22.0 Å². The van der Waals surface area contributed by atoms with Gasteiger partial charge in [-0.05, 0) is 67.6 Å². The Morgan fingerprint density at radius 3 is 2.24 bits per heavy atom. The molecule has 0 aliphatic heterocycles. The van der Waals surface area contributed by atoms with Crippen LogP contribution in [0.15, 0.2) is 0 Å². The molecular weight excluding hydrogens is 647 g/mol. The molecule has 0 amide bonds. The molecule has 3 unspecified atom stereocenters. The second-order valence-electron chi connectivity index (χ2n) is 13.7. The summed E-state index contributed by atoms with van der Waals surface area (Å²) >= 11 is 0. The van der Waals surface area contributed by atoms with E-state index in [0.29, 0.717) is 51.4 Å². The molecule has 0 bridgehead atoms. The van der Waals surface area contributed by atoms with E-state index >= 15 is 0 Å². The third-order valence-corrected chi connectivity index (χ3v) is 12.2. The number of ketones is 3. The summed E-state index contributed by atoms with van der Waals surface area (Å²) in [4.78, 5) is 63.3. The first kappa shape index (κ1) is 36.3. The van der Waals surface area contributed by atoms with Gasteiger partial charge in [0.1, 0.15) is 17.3 Å². The Bertz CT molecular complexity index is 1360. The Balaban J connectivity index is 1.24. The minimum Gasteiger partial charge on any atom is -0.466 e. The summed E-state index contributed by atoms with van der Waals surface area (Å²) in [6.45, 7) is 3.59. The molecule has 4 aliphatic rings. The first-order valence-corrected chi connectivity index (χ1v) is 16.9. The van der Waals surface area contributed by atoms with Gasteiger partial charge in [0, 0.05) is 49.9 Å². The van der Waals surface area contributed by atoms with E-state index in [1.54, 1.807) is 0 Å². The Kier molecular flexibility index (Phi) is 10.2. The fraction of sp³-hybridized carbons (Fsp3) is 0.833. The lowest BCUT2D eigenvalue weighted by Crippen LogP contribution is -2.59. The van der Waals surface area contributed by atoms with E-state index in [9.17, 15) is 54.3 Å². The van der Waals surface area contributed by atoms with Crippen LogP contribution in [0.2, 0.25) is 0 Å². The maximum absolute atomic E-state index is 13.7. The van der Waals surface area contributed by atoms with Crippen molar-refractivity contribution in [2.75, 3.05) is 6.61 Å². The molecule has 0 heterocycles. The van der Waals surface area contributed by atoms with Crippen molar-refractivity contribution >= 4 is 39.4 Å². The number of carbonyl (C=O) groups is 5. The molecule has 0 spiro atoms. The van der Waals surface area contributed by atoms with Crippen molar-refractivity contribution in [1.82, 2.24) is 0 Å². The summed E-state index contributed by atoms with van der Waals surface area (Å²) in [6.07, 6.45) is -7.33. The summed E-state index contributed by atoms with van der Waals surface area (Å²) in [5.74, 6) is -2.61. The summed E-state index contributed by atoms with van der Waals surface area (Å²) in [7, 11) is -6.56. The standard InChI is InChI=1S/C30H39F5O10S/c1-27-11-10-18(36)13-17(27)14-21(37)25-19-9-8-16(28(19,2)22(38)15-20(25)27)5-3-6-23(39)44-12-4-7-24(40)45-26(29(31,32)33)30(34,35)46(41,42)43/h16-17,19-20,25-26H,3-15H2,1-2H3,(H,41,42,43)/t16-,17-,19?,20?,25-,26?,27-,28+/m0/s1. The largest absolute Gasteiger partial charge is 0.466 e. The Hall–Kier alpha value is -2.49. The summed E-state index contributed by atoms with van der Waals surface area (Å²) < 4.78 is 104. The molecule has 4 fully saturated rings. The Labute approximate surface area is 263 Å². The monoisotopic (exact) mass is 686 g/mol. The minimum absolute atomic E-state index is 0.0276. The van der Waals surface area contributed by atoms with Crippen LogP contribution >= 0.6 is 0 Å². The molecule has 0 aromatic rings. The molecule has 4 aliphatic carbocycles. The van der Waals surface area contributed by atoms with Crippen LogP contribution < -0.4 is 0 Å². The minimum atomic E-state index is -6.56. The summed E-state index contributed by atoms with van der Waals surface area (Å²) in [6, 6.07) is 0. The van der Waals surface area contributed by atoms with Crippen molar-refractivity contribution in [3.63, 3.8) is 0 Å². The zero-order chi connectivity index (χ0) is 34.5. The van der Waals surface area contributed by atoms with Gasteiger partial charge in [0.05, 0.1) is 6.61 Å². The molecule has 8 atom stereocenters. The SMILES string of the molecule is C[C@]12C(=O)CC3[C@@H](C(=O)C[C@@H]4CC(=O)CC[C@]34C)C1CC[C@@H]2CCCC(=O)OCCCC(=O)OC(C(F)(F)F)C(F)(F)S(=O)(=O)O. The lowest BCUT2D eigenvalue weighted by molar-refractivity contribution is -0.259. The van der Waals surface area contributed by atoms with Crippen LogP contribution in [0.5, 0.6) is 0 Å². The fourth-order valence-electron chi connectivity index (χ4n) is 8.65. The highest BCUT2D eigenvalue weighted by molar-refractivity contribution is 7.86. The fourth-order valence-corrected chi connectivity index (χ4v) is 9.10. The smallest absolute Gasteiger partial charge is 0.432 e. The van der Waals surface area contributed by atoms with E-state index in [-0.39, 0.29) is 58.8 Å². The van der Waals surface area contributed by atoms with Gasteiger partial charge in [-0.25, -0.2) is 0 Å². The number of alkyl halides is 5. The highest BCUT2D eigenvalue weighted by Crippen LogP contribution is 2.65. The van der Waals surface area contributed by atoms with Gasteiger partial charge in [-0.3, -0.25) is 28.5 Å². The molecule has 0 aromatic carbocycles. The van der Waals surface area contributed by atoms with Crippen LogP contribution in [0.1, 0.15) is 90.9 Å². The zero-order valence-corrected chi connectivity index (χ0v) is 26.4. The van der Waals surface area contributed by atoms with Crippen LogP contribution in [0.25, 0.3) is 0 Å². The van der Waals surface area contributed by atoms with Crippen molar-refractivity contribution in [2.45, 2.75) is 108 Å². The molecule has 4 rings (SSSR count). The van der Waals surface area contributed by atoms with E-state index in [2.05, 4.69) is 11.7 Å². The molecule has 260 valence electrons. The molecule has 10 nitrogen and oxygen atoms in total. The van der Waals surface area contributed by atoms with Gasteiger partial charge >= 0.3 is 33.5 Å². The number of esters is 2. The Morgan fingerprint density at radius 1 is 0.957 bits per heavy atom. The van der Waals surface area contributed by atoms with Gasteiger partial charge in [-0.15, -0.1) is 0 Å². The quantitative estimate of drug-likeness (QED) is 0.135.